The van der Waals surface area contributed by atoms with Crippen LogP contribution in [0.2, 0.25) is 0 Å². The summed E-state index contributed by atoms with van der Waals surface area (Å²) in [6.07, 6.45) is 1.66. The number of rotatable bonds is 8. The number of benzene rings is 1. The zero-order valence-electron chi connectivity index (χ0n) is 12.1. The van der Waals surface area contributed by atoms with Gasteiger partial charge in [0.2, 0.25) is 10.0 Å². The number of nitrogens with one attached hydrogen (secondary N) is 1. The van der Waals surface area contributed by atoms with E-state index in [0.29, 0.717) is 18.0 Å². The predicted octanol–water partition coefficient (Wildman–Crippen LogP) is 1.13. The molecule has 0 spiro atoms. The lowest BCUT2D eigenvalue weighted by molar-refractivity contribution is -0.00476. The molecule has 1 fully saturated rings. The zero-order valence-corrected chi connectivity index (χ0v) is 12.9. The van der Waals surface area contributed by atoms with Crippen LogP contribution < -0.4 is 15.2 Å². The second-order valence-corrected chi connectivity index (χ2v) is 6.98. The van der Waals surface area contributed by atoms with Gasteiger partial charge in [0.05, 0.1) is 11.9 Å². The van der Waals surface area contributed by atoms with Gasteiger partial charge in [-0.3, -0.25) is 0 Å². The van der Waals surface area contributed by atoms with Gasteiger partial charge in [-0.2, -0.15) is 0 Å². The van der Waals surface area contributed by atoms with Gasteiger partial charge in [-0.1, -0.05) is 6.07 Å². The van der Waals surface area contributed by atoms with E-state index in [1.54, 1.807) is 24.3 Å². The van der Waals surface area contributed by atoms with Gasteiger partial charge in [0, 0.05) is 24.4 Å². The van der Waals surface area contributed by atoms with Crippen molar-refractivity contribution in [1.82, 2.24) is 4.72 Å². The lowest BCUT2D eigenvalue weighted by Crippen LogP contribution is -2.48. The highest BCUT2D eigenvalue weighted by molar-refractivity contribution is 7.89. The molecule has 2 rings (SSSR count). The highest BCUT2D eigenvalue weighted by Gasteiger charge is 2.32. The SMILES string of the molecule is CCOC1CC(NS(=O)(=O)CCOc2cccc(N)c2)C1. The van der Waals surface area contributed by atoms with Crippen LogP contribution in [-0.2, 0) is 14.8 Å². The molecule has 3 N–H and O–H groups in total. The van der Waals surface area contributed by atoms with Gasteiger partial charge in [-0.15, -0.1) is 0 Å². The molecule has 21 heavy (non-hydrogen) atoms. The minimum atomic E-state index is -3.32. The molecule has 0 aliphatic heterocycles. The monoisotopic (exact) mass is 314 g/mol. The van der Waals surface area contributed by atoms with E-state index in [-0.39, 0.29) is 24.5 Å². The van der Waals surface area contributed by atoms with Crippen molar-refractivity contribution >= 4 is 15.7 Å². The quantitative estimate of drug-likeness (QED) is 0.702. The minimum Gasteiger partial charge on any atom is -0.492 e. The first-order chi connectivity index (χ1) is 9.98. The highest BCUT2D eigenvalue weighted by Crippen LogP contribution is 2.23. The first-order valence-electron chi connectivity index (χ1n) is 7.08. The number of sulfonamides is 1. The molecule has 1 aromatic rings. The Morgan fingerprint density at radius 2 is 2.14 bits per heavy atom. The Labute approximate surface area is 125 Å². The van der Waals surface area contributed by atoms with Crippen molar-refractivity contribution in [3.8, 4) is 5.75 Å². The average Bonchev–Trinajstić information content (AvgIpc) is 2.36. The summed E-state index contributed by atoms with van der Waals surface area (Å²) < 4.78 is 37.3. The average molecular weight is 314 g/mol. The summed E-state index contributed by atoms with van der Waals surface area (Å²) in [7, 11) is -3.32. The van der Waals surface area contributed by atoms with Crippen LogP contribution in [0, 0.1) is 0 Å². The van der Waals surface area contributed by atoms with Gasteiger partial charge in [0.25, 0.3) is 0 Å². The summed E-state index contributed by atoms with van der Waals surface area (Å²) in [5, 5.41) is 0. The van der Waals surface area contributed by atoms with E-state index in [4.69, 9.17) is 15.2 Å². The number of anilines is 1. The Morgan fingerprint density at radius 3 is 2.81 bits per heavy atom. The van der Waals surface area contributed by atoms with E-state index < -0.39 is 10.0 Å². The molecule has 0 radical (unpaired) electrons. The van der Waals surface area contributed by atoms with Gasteiger partial charge < -0.3 is 15.2 Å². The van der Waals surface area contributed by atoms with Gasteiger partial charge >= 0.3 is 0 Å². The maximum atomic E-state index is 11.9. The van der Waals surface area contributed by atoms with Crippen LogP contribution in [0.3, 0.4) is 0 Å². The Bertz CT molecular complexity index is 556. The molecule has 1 aliphatic carbocycles. The third kappa shape index (κ3) is 5.18. The Balaban J connectivity index is 1.70. The van der Waals surface area contributed by atoms with Crippen LogP contribution in [0.15, 0.2) is 24.3 Å². The van der Waals surface area contributed by atoms with E-state index in [9.17, 15) is 8.42 Å². The summed E-state index contributed by atoms with van der Waals surface area (Å²) in [6.45, 7) is 2.70. The fourth-order valence-electron chi connectivity index (χ4n) is 2.22. The van der Waals surface area contributed by atoms with Crippen LogP contribution in [0.1, 0.15) is 19.8 Å². The second kappa shape index (κ2) is 7.11. The molecule has 6 nitrogen and oxygen atoms in total. The third-order valence-corrected chi connectivity index (χ3v) is 4.72. The molecule has 1 saturated carbocycles. The molecule has 118 valence electrons. The Kier molecular flexibility index (Phi) is 5.44. The van der Waals surface area contributed by atoms with E-state index in [1.807, 2.05) is 6.92 Å². The first kappa shape index (κ1) is 16.1. The summed E-state index contributed by atoms with van der Waals surface area (Å²) >= 11 is 0. The lowest BCUT2D eigenvalue weighted by Gasteiger charge is -2.35. The number of ether oxygens (including phenoxy) is 2. The van der Waals surface area contributed by atoms with Crippen LogP contribution in [0.25, 0.3) is 0 Å². The predicted molar refractivity (Wildman–Crippen MR) is 81.7 cm³/mol. The number of hydrogen-bond donors (Lipinski definition) is 2. The molecule has 0 atom stereocenters. The van der Waals surface area contributed by atoms with Gasteiger partial charge in [-0.25, -0.2) is 13.1 Å². The van der Waals surface area contributed by atoms with E-state index in [2.05, 4.69) is 4.72 Å². The highest BCUT2D eigenvalue weighted by atomic mass is 32.2. The third-order valence-electron chi connectivity index (χ3n) is 3.32. The maximum absolute atomic E-state index is 11.9. The molecule has 0 amide bonds. The largest absolute Gasteiger partial charge is 0.492 e. The summed E-state index contributed by atoms with van der Waals surface area (Å²) in [5.74, 6) is 0.502. The maximum Gasteiger partial charge on any atom is 0.215 e. The summed E-state index contributed by atoms with van der Waals surface area (Å²) in [4.78, 5) is 0. The molecule has 0 heterocycles. The topological polar surface area (TPSA) is 90.6 Å². The van der Waals surface area contributed by atoms with E-state index in [0.717, 1.165) is 12.8 Å². The first-order valence-corrected chi connectivity index (χ1v) is 8.73. The van der Waals surface area contributed by atoms with Crippen LogP contribution in [0.4, 0.5) is 5.69 Å². The fourth-order valence-corrected chi connectivity index (χ4v) is 3.34. The Hall–Kier alpha value is -1.31. The number of nitrogen functional groups attached to an aromatic ring is 1. The molecular weight excluding hydrogens is 292 g/mol. The van der Waals surface area contributed by atoms with Crippen molar-refractivity contribution in [3.05, 3.63) is 24.3 Å². The molecular formula is C14H22N2O4S. The molecule has 7 heteroatoms. The molecule has 0 aromatic heterocycles. The molecule has 0 bridgehead atoms. The van der Waals surface area contributed by atoms with Crippen LogP contribution in [-0.4, -0.2) is 39.5 Å². The molecule has 0 unspecified atom stereocenters. The van der Waals surface area contributed by atoms with Crippen molar-refractivity contribution in [2.75, 3.05) is 24.7 Å². The van der Waals surface area contributed by atoms with Crippen molar-refractivity contribution in [2.24, 2.45) is 0 Å². The van der Waals surface area contributed by atoms with Crippen molar-refractivity contribution in [3.63, 3.8) is 0 Å². The smallest absolute Gasteiger partial charge is 0.215 e. The normalized spacial score (nSPS) is 21.8. The zero-order chi connectivity index (χ0) is 15.3. The number of nitrogens with two attached hydrogens (primary N) is 1. The molecule has 1 aliphatic rings. The molecule has 0 saturated heterocycles. The minimum absolute atomic E-state index is 0.0149. The summed E-state index contributed by atoms with van der Waals surface area (Å²) in [5.41, 5.74) is 6.21. The lowest BCUT2D eigenvalue weighted by atomic mass is 9.90. The molecule has 1 aromatic carbocycles. The number of hydrogen-bond acceptors (Lipinski definition) is 5. The van der Waals surface area contributed by atoms with E-state index >= 15 is 0 Å². The van der Waals surface area contributed by atoms with Crippen molar-refractivity contribution in [2.45, 2.75) is 31.9 Å². The van der Waals surface area contributed by atoms with Gasteiger partial charge in [-0.05, 0) is 31.9 Å². The summed E-state index contributed by atoms with van der Waals surface area (Å²) in [6, 6.07) is 6.91. The standard InChI is InChI=1S/C14H22N2O4S/c1-2-19-14-9-12(10-14)16-21(17,18)7-6-20-13-5-3-4-11(15)8-13/h3-5,8,12,14,16H,2,6-7,9-10,15H2,1H3. The Morgan fingerprint density at radius 1 is 1.38 bits per heavy atom. The van der Waals surface area contributed by atoms with Crippen LogP contribution >= 0.6 is 0 Å². The van der Waals surface area contributed by atoms with E-state index in [1.165, 1.54) is 0 Å². The van der Waals surface area contributed by atoms with Crippen molar-refractivity contribution < 1.29 is 17.9 Å². The van der Waals surface area contributed by atoms with Crippen LogP contribution in [0.5, 0.6) is 5.75 Å². The van der Waals surface area contributed by atoms with Crippen molar-refractivity contribution in [1.29, 1.82) is 0 Å². The second-order valence-electron chi connectivity index (χ2n) is 5.10. The van der Waals surface area contributed by atoms with Gasteiger partial charge in [0.1, 0.15) is 12.4 Å². The van der Waals surface area contributed by atoms with Gasteiger partial charge in [0.15, 0.2) is 0 Å². The fraction of sp³-hybridized carbons (Fsp3) is 0.571.